The van der Waals surface area contributed by atoms with Crippen LogP contribution in [0.3, 0.4) is 0 Å². The fraction of sp³-hybridized carbons (Fsp3) is 0.0476. The number of nitro benzene ring substituents is 1. The number of alkyl halides is 3. The van der Waals surface area contributed by atoms with Crippen LogP contribution in [0.4, 0.5) is 24.5 Å². The minimum absolute atomic E-state index is 0.0191. The molecule has 0 unspecified atom stereocenters. The van der Waals surface area contributed by atoms with Crippen LogP contribution in [0.25, 0.3) is 17.4 Å². The number of benzene rings is 2. The molecular weight excluding hydrogens is 545 g/mol. The van der Waals surface area contributed by atoms with Gasteiger partial charge in [-0.15, -0.1) is 0 Å². The number of anilines is 1. The third-order valence-electron chi connectivity index (χ3n) is 4.55. The Kier molecular flexibility index (Phi) is 6.16. The first-order chi connectivity index (χ1) is 15.5. The highest BCUT2D eigenvalue weighted by molar-refractivity contribution is 9.10. The number of amides is 1. The van der Waals surface area contributed by atoms with E-state index in [-0.39, 0.29) is 20.6 Å². The van der Waals surface area contributed by atoms with Gasteiger partial charge in [-0.2, -0.15) is 13.2 Å². The summed E-state index contributed by atoms with van der Waals surface area (Å²) in [5.41, 5.74) is -0.388. The van der Waals surface area contributed by atoms with Gasteiger partial charge in [-0.3, -0.25) is 19.8 Å². The maximum absolute atomic E-state index is 13.0. The van der Waals surface area contributed by atoms with E-state index in [1.165, 1.54) is 36.4 Å². The van der Waals surface area contributed by atoms with Crippen molar-refractivity contribution in [1.82, 2.24) is 0 Å². The molecule has 3 aromatic rings. The van der Waals surface area contributed by atoms with Crippen molar-refractivity contribution >= 4 is 67.6 Å². The van der Waals surface area contributed by atoms with Crippen LogP contribution in [-0.4, -0.2) is 15.2 Å². The van der Waals surface area contributed by atoms with Crippen LogP contribution in [0.2, 0.25) is 0 Å². The number of hydrogen-bond acceptors (Lipinski definition) is 6. The van der Waals surface area contributed by atoms with Gasteiger partial charge in [-0.25, -0.2) is 0 Å². The van der Waals surface area contributed by atoms with Crippen LogP contribution in [0.5, 0.6) is 0 Å². The number of nitro groups is 1. The first-order valence-electron chi connectivity index (χ1n) is 9.04. The lowest BCUT2D eigenvalue weighted by Crippen LogP contribution is -2.27. The molecule has 0 aliphatic carbocycles. The maximum Gasteiger partial charge on any atom is 0.416 e. The molecule has 2 aromatic carbocycles. The fourth-order valence-corrected chi connectivity index (χ4v) is 4.87. The second-order valence-electron chi connectivity index (χ2n) is 6.69. The molecule has 0 atom stereocenters. The summed E-state index contributed by atoms with van der Waals surface area (Å²) in [6.07, 6.45) is -3.11. The van der Waals surface area contributed by atoms with Gasteiger partial charge in [0, 0.05) is 28.2 Å². The molecule has 168 valence electrons. The van der Waals surface area contributed by atoms with Gasteiger partial charge in [0.1, 0.15) is 11.5 Å². The summed E-state index contributed by atoms with van der Waals surface area (Å²) in [5, 5.41) is 10.9. The largest absolute Gasteiger partial charge is 0.457 e. The van der Waals surface area contributed by atoms with Crippen LogP contribution in [0.15, 0.2) is 68.4 Å². The van der Waals surface area contributed by atoms with Crippen molar-refractivity contribution in [2.24, 2.45) is 0 Å². The molecule has 1 saturated heterocycles. The average Bonchev–Trinajstić information content (AvgIpc) is 3.31. The lowest BCUT2D eigenvalue weighted by Gasteiger charge is -2.16. The zero-order valence-electron chi connectivity index (χ0n) is 16.1. The fourth-order valence-electron chi connectivity index (χ4n) is 3.03. The Morgan fingerprint density at radius 1 is 1.15 bits per heavy atom. The minimum atomic E-state index is -4.55. The number of halogens is 4. The van der Waals surface area contributed by atoms with Crippen molar-refractivity contribution in [3.8, 4) is 11.3 Å². The molecular formula is C21H10BrF3N2O4S2. The number of carbonyl (C=O) groups is 1. The zero-order chi connectivity index (χ0) is 23.9. The van der Waals surface area contributed by atoms with Crippen LogP contribution in [0.1, 0.15) is 11.3 Å². The summed E-state index contributed by atoms with van der Waals surface area (Å²) in [7, 11) is 0. The topological polar surface area (TPSA) is 76.6 Å². The standard InChI is InChI=1S/C21H10BrF3N2O4S2/c22-16-9-13(27(29)30)4-6-15(16)17-7-5-14(31-17)10-18-19(28)26(20(32)33-18)12-3-1-2-11(8-12)21(23,24)25/h1-10H/b18-10-. The SMILES string of the molecule is O=C1/C(=C/c2ccc(-c3ccc([N+](=O)[O-])cc3Br)o2)SC(=S)N1c1cccc(C(F)(F)F)c1. The second-order valence-corrected chi connectivity index (χ2v) is 9.22. The van der Waals surface area contributed by atoms with Crippen molar-refractivity contribution in [3.63, 3.8) is 0 Å². The van der Waals surface area contributed by atoms with Gasteiger partial charge in [0.25, 0.3) is 11.6 Å². The molecule has 1 aliphatic rings. The molecule has 0 saturated carbocycles. The molecule has 1 amide bonds. The highest BCUT2D eigenvalue weighted by atomic mass is 79.9. The van der Waals surface area contributed by atoms with Crippen molar-refractivity contribution in [2.45, 2.75) is 6.18 Å². The molecule has 1 fully saturated rings. The monoisotopic (exact) mass is 554 g/mol. The summed E-state index contributed by atoms with van der Waals surface area (Å²) in [4.78, 5) is 24.5. The van der Waals surface area contributed by atoms with Crippen LogP contribution in [0, 0.1) is 10.1 Å². The molecule has 6 nitrogen and oxygen atoms in total. The number of nitrogens with zero attached hydrogens (tertiary/aromatic N) is 2. The van der Waals surface area contributed by atoms with Crippen LogP contribution < -0.4 is 4.90 Å². The molecule has 12 heteroatoms. The van der Waals surface area contributed by atoms with E-state index in [2.05, 4.69) is 15.9 Å². The average molecular weight is 555 g/mol. The molecule has 0 radical (unpaired) electrons. The number of furan rings is 1. The Labute approximate surface area is 202 Å². The predicted octanol–water partition coefficient (Wildman–Crippen LogP) is 7.04. The summed E-state index contributed by atoms with van der Waals surface area (Å²) in [6.45, 7) is 0. The van der Waals surface area contributed by atoms with Crippen molar-refractivity contribution < 1.29 is 27.3 Å². The van der Waals surface area contributed by atoms with Gasteiger partial charge in [-0.1, -0.05) is 30.0 Å². The van der Waals surface area contributed by atoms with E-state index < -0.39 is 22.6 Å². The number of rotatable bonds is 4. The number of hydrogen-bond donors (Lipinski definition) is 0. The summed E-state index contributed by atoms with van der Waals surface area (Å²) in [5.74, 6) is 0.134. The molecule has 4 rings (SSSR count). The Balaban J connectivity index is 1.61. The summed E-state index contributed by atoms with van der Waals surface area (Å²) < 4.78 is 45.4. The number of non-ortho nitro benzene ring substituents is 1. The third-order valence-corrected chi connectivity index (χ3v) is 6.51. The quantitative estimate of drug-likeness (QED) is 0.149. The normalized spacial score (nSPS) is 15.5. The zero-order valence-corrected chi connectivity index (χ0v) is 19.3. The first-order valence-corrected chi connectivity index (χ1v) is 11.1. The lowest BCUT2D eigenvalue weighted by atomic mass is 10.1. The van der Waals surface area contributed by atoms with E-state index in [0.717, 1.165) is 28.8 Å². The van der Waals surface area contributed by atoms with Crippen LogP contribution >= 0.6 is 39.9 Å². The summed E-state index contributed by atoms with van der Waals surface area (Å²) >= 11 is 9.44. The Morgan fingerprint density at radius 3 is 2.58 bits per heavy atom. The third kappa shape index (κ3) is 4.72. The van der Waals surface area contributed by atoms with Gasteiger partial charge in [0.2, 0.25) is 0 Å². The van der Waals surface area contributed by atoms with Crippen molar-refractivity contribution in [1.29, 1.82) is 0 Å². The van der Waals surface area contributed by atoms with Crippen molar-refractivity contribution in [2.75, 3.05) is 4.90 Å². The van der Waals surface area contributed by atoms with Gasteiger partial charge >= 0.3 is 6.18 Å². The first kappa shape index (κ1) is 23.2. The van der Waals surface area contributed by atoms with E-state index in [4.69, 9.17) is 16.6 Å². The Morgan fingerprint density at radius 2 is 1.91 bits per heavy atom. The molecule has 0 bridgehead atoms. The van der Waals surface area contributed by atoms with Gasteiger partial charge in [0.05, 0.1) is 21.1 Å². The second kappa shape index (κ2) is 8.76. The molecule has 1 aliphatic heterocycles. The molecule has 1 aromatic heterocycles. The molecule has 33 heavy (non-hydrogen) atoms. The predicted molar refractivity (Wildman–Crippen MR) is 126 cm³/mol. The lowest BCUT2D eigenvalue weighted by molar-refractivity contribution is -0.384. The molecule has 0 spiro atoms. The smallest absolute Gasteiger partial charge is 0.416 e. The number of thiocarbonyl (C=S) groups is 1. The number of thioether (sulfide) groups is 1. The Hall–Kier alpha value is -2.96. The maximum atomic E-state index is 13.0. The molecule has 0 N–H and O–H groups in total. The Bertz CT molecular complexity index is 1340. The minimum Gasteiger partial charge on any atom is -0.457 e. The van der Waals surface area contributed by atoms with E-state index in [0.29, 0.717) is 21.6 Å². The van der Waals surface area contributed by atoms with E-state index in [1.807, 2.05) is 0 Å². The van der Waals surface area contributed by atoms with Gasteiger partial charge in [-0.05, 0) is 52.3 Å². The van der Waals surface area contributed by atoms with Gasteiger partial charge in [0.15, 0.2) is 4.32 Å². The van der Waals surface area contributed by atoms with Gasteiger partial charge < -0.3 is 4.42 Å². The highest BCUT2D eigenvalue weighted by Crippen LogP contribution is 2.39. The highest BCUT2D eigenvalue weighted by Gasteiger charge is 2.36. The van der Waals surface area contributed by atoms with Crippen LogP contribution in [-0.2, 0) is 11.0 Å². The number of carbonyl (C=O) groups excluding carboxylic acids is 1. The van der Waals surface area contributed by atoms with Crippen molar-refractivity contribution in [3.05, 3.63) is 85.4 Å². The van der Waals surface area contributed by atoms with E-state index in [9.17, 15) is 28.1 Å². The summed E-state index contributed by atoms with van der Waals surface area (Å²) in [6, 6.07) is 11.8. The van der Waals surface area contributed by atoms with E-state index >= 15 is 0 Å². The molecule has 2 heterocycles. The van der Waals surface area contributed by atoms with E-state index in [1.54, 1.807) is 12.1 Å².